The van der Waals surface area contributed by atoms with Gasteiger partial charge in [-0.2, -0.15) is 0 Å². The van der Waals surface area contributed by atoms with Crippen LogP contribution in [0.5, 0.6) is 0 Å². The third-order valence-electron chi connectivity index (χ3n) is 6.42. The summed E-state index contributed by atoms with van der Waals surface area (Å²) in [5.41, 5.74) is 7.38. The molecule has 138 valence electrons. The Kier molecular flexibility index (Phi) is 4.71. The standard InChI is InChI=1S/C28H26/c1-4-11-21(12-5-1)19-24-17-10-18-25-26(24)20-27(22-13-6-2-7-14-22)28(25)23-15-8-3-9-16-23/h1-9,11-16,19-20,25,27-28H,10,17-18H2/b24-19+/t25?,27-,28+/m1/s1. The van der Waals surface area contributed by atoms with Crippen molar-refractivity contribution >= 4 is 6.08 Å². The molecule has 0 aliphatic heterocycles. The van der Waals surface area contributed by atoms with Gasteiger partial charge in [-0.25, -0.2) is 0 Å². The predicted molar refractivity (Wildman–Crippen MR) is 118 cm³/mol. The largest absolute Gasteiger partial charge is 0.0726 e. The van der Waals surface area contributed by atoms with Crippen molar-refractivity contribution in [2.75, 3.05) is 0 Å². The molecule has 3 aromatic carbocycles. The Morgan fingerprint density at radius 3 is 1.96 bits per heavy atom. The van der Waals surface area contributed by atoms with E-state index >= 15 is 0 Å². The van der Waals surface area contributed by atoms with Gasteiger partial charge in [0.2, 0.25) is 0 Å². The van der Waals surface area contributed by atoms with E-state index in [1.165, 1.54) is 36.0 Å². The van der Waals surface area contributed by atoms with E-state index in [9.17, 15) is 0 Å². The summed E-state index contributed by atoms with van der Waals surface area (Å²) in [5, 5.41) is 0. The lowest BCUT2D eigenvalue weighted by atomic mass is 9.72. The molecule has 0 N–H and O–H groups in total. The maximum atomic E-state index is 2.59. The Hall–Kier alpha value is -2.86. The summed E-state index contributed by atoms with van der Waals surface area (Å²) in [6.07, 6.45) is 8.78. The molecule has 28 heavy (non-hydrogen) atoms. The Morgan fingerprint density at radius 2 is 1.29 bits per heavy atom. The van der Waals surface area contributed by atoms with E-state index in [4.69, 9.17) is 0 Å². The van der Waals surface area contributed by atoms with Crippen molar-refractivity contribution in [1.29, 1.82) is 0 Å². The maximum absolute atomic E-state index is 2.59. The number of benzene rings is 3. The lowest BCUT2D eigenvalue weighted by Crippen LogP contribution is -2.18. The molecule has 0 radical (unpaired) electrons. The molecule has 3 aromatic rings. The zero-order valence-electron chi connectivity index (χ0n) is 16.2. The summed E-state index contributed by atoms with van der Waals surface area (Å²) in [6, 6.07) is 33.1. The Bertz CT molecular complexity index is 980. The second-order valence-electron chi connectivity index (χ2n) is 8.07. The van der Waals surface area contributed by atoms with Crippen molar-refractivity contribution in [2.24, 2.45) is 5.92 Å². The first-order valence-corrected chi connectivity index (χ1v) is 10.5. The average Bonchev–Trinajstić information content (AvgIpc) is 3.16. The summed E-state index contributed by atoms with van der Waals surface area (Å²) in [4.78, 5) is 0. The van der Waals surface area contributed by atoms with Gasteiger partial charge in [0.25, 0.3) is 0 Å². The highest BCUT2D eigenvalue weighted by Gasteiger charge is 2.41. The Balaban J connectivity index is 1.59. The highest BCUT2D eigenvalue weighted by molar-refractivity contribution is 5.62. The number of rotatable bonds is 3. The highest BCUT2D eigenvalue weighted by atomic mass is 14.4. The van der Waals surface area contributed by atoms with Gasteiger partial charge in [-0.3, -0.25) is 0 Å². The SMILES string of the molecule is C1=C2/C(=C/c3ccccc3)CCCC2[C@H](c2ccccc2)[C@H]1c1ccccc1. The first kappa shape index (κ1) is 17.3. The zero-order valence-corrected chi connectivity index (χ0v) is 16.2. The van der Waals surface area contributed by atoms with Crippen LogP contribution in [-0.4, -0.2) is 0 Å². The normalized spacial score (nSPS) is 25.4. The molecule has 1 unspecified atom stereocenters. The molecule has 0 bridgehead atoms. The molecule has 2 aliphatic rings. The molecule has 3 atom stereocenters. The van der Waals surface area contributed by atoms with E-state index in [0.29, 0.717) is 17.8 Å². The van der Waals surface area contributed by atoms with Crippen LogP contribution < -0.4 is 0 Å². The molecule has 0 heteroatoms. The molecular formula is C28H26. The number of fused-ring (bicyclic) bond motifs is 1. The van der Waals surface area contributed by atoms with Gasteiger partial charge < -0.3 is 0 Å². The summed E-state index contributed by atoms with van der Waals surface area (Å²) >= 11 is 0. The van der Waals surface area contributed by atoms with Gasteiger partial charge in [0, 0.05) is 11.8 Å². The van der Waals surface area contributed by atoms with Crippen molar-refractivity contribution in [3.63, 3.8) is 0 Å². The van der Waals surface area contributed by atoms with Crippen LogP contribution in [0.4, 0.5) is 0 Å². The van der Waals surface area contributed by atoms with E-state index in [1.54, 1.807) is 11.1 Å². The van der Waals surface area contributed by atoms with Gasteiger partial charge in [-0.15, -0.1) is 0 Å². The quantitative estimate of drug-likeness (QED) is 0.456. The number of allylic oxidation sites excluding steroid dienone is 3. The predicted octanol–water partition coefficient (Wildman–Crippen LogP) is 7.38. The first-order valence-electron chi connectivity index (χ1n) is 10.5. The Labute approximate surface area is 168 Å². The topological polar surface area (TPSA) is 0 Å². The third-order valence-corrected chi connectivity index (χ3v) is 6.42. The monoisotopic (exact) mass is 362 g/mol. The van der Waals surface area contributed by atoms with E-state index in [-0.39, 0.29) is 0 Å². The van der Waals surface area contributed by atoms with Gasteiger partial charge in [0.1, 0.15) is 0 Å². The molecule has 0 aromatic heterocycles. The third kappa shape index (κ3) is 3.24. The number of hydrogen-bond acceptors (Lipinski definition) is 0. The minimum absolute atomic E-state index is 0.459. The molecule has 2 aliphatic carbocycles. The van der Waals surface area contributed by atoms with Crippen LogP contribution in [0, 0.1) is 5.92 Å². The molecule has 5 rings (SSSR count). The van der Waals surface area contributed by atoms with Crippen molar-refractivity contribution in [3.8, 4) is 0 Å². The van der Waals surface area contributed by atoms with Crippen LogP contribution >= 0.6 is 0 Å². The molecule has 0 nitrogen and oxygen atoms in total. The van der Waals surface area contributed by atoms with Gasteiger partial charge in [-0.1, -0.05) is 103 Å². The van der Waals surface area contributed by atoms with Crippen molar-refractivity contribution < 1.29 is 0 Å². The highest BCUT2D eigenvalue weighted by Crippen LogP contribution is 2.55. The van der Waals surface area contributed by atoms with Crippen LogP contribution in [-0.2, 0) is 0 Å². The fourth-order valence-electron chi connectivity index (χ4n) is 5.20. The summed E-state index contributed by atoms with van der Waals surface area (Å²) in [6.45, 7) is 0. The van der Waals surface area contributed by atoms with Crippen LogP contribution in [0.2, 0.25) is 0 Å². The van der Waals surface area contributed by atoms with Crippen molar-refractivity contribution in [2.45, 2.75) is 31.1 Å². The molecule has 1 fully saturated rings. The molecule has 1 saturated carbocycles. The lowest BCUT2D eigenvalue weighted by Gasteiger charge is -2.31. The van der Waals surface area contributed by atoms with Gasteiger partial charge in [0.15, 0.2) is 0 Å². The molecular weight excluding hydrogens is 336 g/mol. The number of hydrogen-bond donors (Lipinski definition) is 0. The second kappa shape index (κ2) is 7.64. The van der Waals surface area contributed by atoms with Crippen LogP contribution in [0.3, 0.4) is 0 Å². The molecule has 0 saturated heterocycles. The second-order valence-corrected chi connectivity index (χ2v) is 8.07. The molecule has 0 heterocycles. The van der Waals surface area contributed by atoms with Crippen molar-refractivity contribution in [1.82, 2.24) is 0 Å². The lowest BCUT2D eigenvalue weighted by molar-refractivity contribution is 0.427. The van der Waals surface area contributed by atoms with Crippen LogP contribution in [0.15, 0.2) is 108 Å². The minimum atomic E-state index is 0.459. The summed E-state index contributed by atoms with van der Waals surface area (Å²) in [5.74, 6) is 1.62. The van der Waals surface area contributed by atoms with E-state index in [0.717, 1.165) is 0 Å². The first-order chi connectivity index (χ1) is 13.9. The fraction of sp³-hybridized carbons (Fsp3) is 0.214. The maximum Gasteiger partial charge on any atom is 0.00986 e. The summed E-state index contributed by atoms with van der Waals surface area (Å²) < 4.78 is 0. The molecule has 0 amide bonds. The van der Waals surface area contributed by atoms with Gasteiger partial charge >= 0.3 is 0 Å². The van der Waals surface area contributed by atoms with Gasteiger partial charge in [0.05, 0.1) is 0 Å². The van der Waals surface area contributed by atoms with E-state index in [1.807, 2.05) is 0 Å². The zero-order chi connectivity index (χ0) is 18.8. The summed E-state index contributed by atoms with van der Waals surface area (Å²) in [7, 11) is 0. The fourth-order valence-corrected chi connectivity index (χ4v) is 5.20. The van der Waals surface area contributed by atoms with Crippen molar-refractivity contribution in [3.05, 3.63) is 125 Å². The minimum Gasteiger partial charge on any atom is -0.0726 e. The van der Waals surface area contributed by atoms with Crippen LogP contribution in [0.25, 0.3) is 6.08 Å². The smallest absolute Gasteiger partial charge is 0.00986 e. The molecule has 0 spiro atoms. The van der Waals surface area contributed by atoms with Gasteiger partial charge in [-0.05, 0) is 53.0 Å². The Morgan fingerprint density at radius 1 is 0.679 bits per heavy atom. The average molecular weight is 363 g/mol. The van der Waals surface area contributed by atoms with E-state index < -0.39 is 0 Å². The van der Waals surface area contributed by atoms with Crippen LogP contribution in [0.1, 0.15) is 47.8 Å². The van der Waals surface area contributed by atoms with E-state index in [2.05, 4.69) is 103 Å².